The number of benzene rings is 2. The van der Waals surface area contributed by atoms with Gasteiger partial charge >= 0.3 is 0 Å². The number of aryl methyl sites for hydroxylation is 1. The van der Waals surface area contributed by atoms with Gasteiger partial charge in [-0.25, -0.2) is 9.97 Å². The third-order valence-electron chi connectivity index (χ3n) is 3.60. The molecule has 0 bridgehead atoms. The largest absolute Gasteiger partial charge is 0.325 e. The molecule has 0 radical (unpaired) electrons. The molecule has 1 aromatic heterocycles. The van der Waals surface area contributed by atoms with Crippen molar-refractivity contribution in [2.45, 2.75) is 11.9 Å². The molecule has 0 aliphatic carbocycles. The molecule has 0 spiro atoms. The lowest BCUT2D eigenvalue weighted by atomic mass is 10.2. The van der Waals surface area contributed by atoms with E-state index < -0.39 is 0 Å². The Morgan fingerprint density at radius 1 is 1.08 bits per heavy atom. The Morgan fingerprint density at radius 2 is 1.73 bits per heavy atom. The zero-order chi connectivity index (χ0) is 18.4. The van der Waals surface area contributed by atoms with Crippen LogP contribution < -0.4 is 5.32 Å². The number of rotatable bonds is 5. The van der Waals surface area contributed by atoms with Gasteiger partial charge in [-0.15, -0.1) is 0 Å². The normalized spacial score (nSPS) is 10.2. The molecule has 6 heteroatoms. The summed E-state index contributed by atoms with van der Waals surface area (Å²) in [6, 6.07) is 21.0. The Hall–Kier alpha value is -3.17. The minimum atomic E-state index is -0.150. The number of nitrogens with one attached hydrogen (secondary N) is 1. The third-order valence-corrected chi connectivity index (χ3v) is 4.57. The molecule has 0 saturated carbocycles. The van der Waals surface area contributed by atoms with Crippen molar-refractivity contribution in [2.24, 2.45) is 0 Å². The van der Waals surface area contributed by atoms with Crippen molar-refractivity contribution in [3.63, 3.8) is 0 Å². The maximum absolute atomic E-state index is 12.2. The van der Waals surface area contributed by atoms with Gasteiger partial charge in [-0.3, -0.25) is 4.79 Å². The fourth-order valence-corrected chi connectivity index (χ4v) is 3.18. The van der Waals surface area contributed by atoms with E-state index in [1.807, 2.05) is 60.7 Å². The summed E-state index contributed by atoms with van der Waals surface area (Å²) in [6.45, 7) is 1.78. The van der Waals surface area contributed by atoms with E-state index in [9.17, 15) is 10.1 Å². The number of anilines is 1. The smallest absolute Gasteiger partial charge is 0.234 e. The summed E-state index contributed by atoms with van der Waals surface area (Å²) in [5.74, 6) is 0.560. The first kappa shape index (κ1) is 17.6. The molecule has 0 aliphatic heterocycles. The van der Waals surface area contributed by atoms with Gasteiger partial charge in [0.15, 0.2) is 5.82 Å². The van der Waals surface area contributed by atoms with E-state index in [2.05, 4.69) is 21.4 Å². The molecule has 3 rings (SSSR count). The van der Waals surface area contributed by atoms with Crippen LogP contribution in [0, 0.1) is 18.3 Å². The second-order valence-electron chi connectivity index (χ2n) is 5.49. The van der Waals surface area contributed by atoms with Crippen LogP contribution in [0.4, 0.5) is 5.69 Å². The highest BCUT2D eigenvalue weighted by atomic mass is 32.2. The molecule has 1 N–H and O–H groups in total. The van der Waals surface area contributed by atoms with Crippen molar-refractivity contribution in [1.82, 2.24) is 9.97 Å². The molecule has 0 unspecified atom stereocenters. The second kappa shape index (κ2) is 8.28. The molecule has 3 aromatic rings. The monoisotopic (exact) mass is 360 g/mol. The molecule has 0 atom stereocenters. The lowest BCUT2D eigenvalue weighted by molar-refractivity contribution is -0.113. The maximum atomic E-state index is 12.2. The number of aromatic nitrogens is 2. The number of hydrogen-bond acceptors (Lipinski definition) is 5. The highest BCUT2D eigenvalue weighted by Crippen LogP contribution is 2.26. The maximum Gasteiger partial charge on any atom is 0.234 e. The topological polar surface area (TPSA) is 78.7 Å². The Balaban J connectivity index is 1.79. The van der Waals surface area contributed by atoms with Crippen LogP contribution >= 0.6 is 11.8 Å². The number of hydrogen-bond donors (Lipinski definition) is 1. The number of nitrogens with zero attached hydrogens (tertiary/aromatic N) is 3. The van der Waals surface area contributed by atoms with Crippen LogP contribution in [0.25, 0.3) is 11.4 Å². The molecular formula is C20H16N4OS. The molecule has 2 aromatic carbocycles. The van der Waals surface area contributed by atoms with Crippen molar-refractivity contribution in [1.29, 1.82) is 5.26 Å². The predicted octanol–water partition coefficient (Wildman–Crippen LogP) is 4.05. The third kappa shape index (κ3) is 4.26. The van der Waals surface area contributed by atoms with Gasteiger partial charge in [-0.2, -0.15) is 5.26 Å². The van der Waals surface area contributed by atoms with Gasteiger partial charge in [0.1, 0.15) is 16.7 Å². The molecule has 26 heavy (non-hydrogen) atoms. The van der Waals surface area contributed by atoms with Crippen molar-refractivity contribution >= 4 is 23.4 Å². The summed E-state index contributed by atoms with van der Waals surface area (Å²) < 4.78 is 0. The van der Waals surface area contributed by atoms with Crippen LogP contribution in [0.15, 0.2) is 65.7 Å². The molecule has 0 saturated heterocycles. The first-order valence-electron chi connectivity index (χ1n) is 7.99. The Labute approximate surface area is 156 Å². The average Bonchev–Trinajstić information content (AvgIpc) is 2.67. The molecule has 5 nitrogen and oxygen atoms in total. The van der Waals surface area contributed by atoms with Gasteiger partial charge in [0.2, 0.25) is 5.91 Å². The van der Waals surface area contributed by atoms with E-state index in [1.54, 1.807) is 6.92 Å². The van der Waals surface area contributed by atoms with Gasteiger partial charge in [0.05, 0.1) is 11.4 Å². The van der Waals surface area contributed by atoms with Crippen LogP contribution in [0.2, 0.25) is 0 Å². The standard InChI is InChI=1S/C20H16N4OS/c1-14-17(12-21)20(24-19(22-14)15-8-4-2-5-9-15)26-13-18(25)23-16-10-6-3-7-11-16/h2-11H,13H2,1H3,(H,23,25). The summed E-state index contributed by atoms with van der Waals surface area (Å²) in [5, 5.41) is 12.8. The summed E-state index contributed by atoms with van der Waals surface area (Å²) in [6.07, 6.45) is 0. The average molecular weight is 360 g/mol. The minimum Gasteiger partial charge on any atom is -0.325 e. The van der Waals surface area contributed by atoms with Crippen LogP contribution in [-0.2, 0) is 4.79 Å². The van der Waals surface area contributed by atoms with Gasteiger partial charge in [-0.1, -0.05) is 60.3 Å². The van der Waals surface area contributed by atoms with Crippen LogP contribution in [0.1, 0.15) is 11.3 Å². The minimum absolute atomic E-state index is 0.150. The zero-order valence-corrected chi connectivity index (χ0v) is 15.0. The first-order chi connectivity index (χ1) is 12.7. The fourth-order valence-electron chi connectivity index (χ4n) is 2.35. The SMILES string of the molecule is Cc1nc(-c2ccccc2)nc(SCC(=O)Nc2ccccc2)c1C#N. The Morgan fingerprint density at radius 3 is 2.38 bits per heavy atom. The van der Waals surface area contributed by atoms with Crippen molar-refractivity contribution in [2.75, 3.05) is 11.1 Å². The summed E-state index contributed by atoms with van der Waals surface area (Å²) in [7, 11) is 0. The van der Waals surface area contributed by atoms with Crippen LogP contribution in [-0.4, -0.2) is 21.6 Å². The van der Waals surface area contributed by atoms with Crippen LogP contribution in [0.5, 0.6) is 0 Å². The van der Waals surface area contributed by atoms with Gasteiger partial charge in [0.25, 0.3) is 0 Å². The molecule has 1 amide bonds. The Bertz CT molecular complexity index is 953. The van der Waals surface area contributed by atoms with Crippen molar-refractivity contribution in [3.05, 3.63) is 71.9 Å². The van der Waals surface area contributed by atoms with E-state index in [4.69, 9.17) is 0 Å². The van der Waals surface area contributed by atoms with E-state index >= 15 is 0 Å². The van der Waals surface area contributed by atoms with Crippen LogP contribution in [0.3, 0.4) is 0 Å². The predicted molar refractivity (Wildman–Crippen MR) is 103 cm³/mol. The summed E-state index contributed by atoms with van der Waals surface area (Å²) in [5.41, 5.74) is 2.62. The lowest BCUT2D eigenvalue weighted by Crippen LogP contribution is -2.14. The van der Waals surface area contributed by atoms with Gasteiger partial charge < -0.3 is 5.32 Å². The van der Waals surface area contributed by atoms with E-state index in [0.717, 1.165) is 11.3 Å². The zero-order valence-electron chi connectivity index (χ0n) is 14.1. The van der Waals surface area contributed by atoms with Crippen molar-refractivity contribution < 1.29 is 4.79 Å². The van der Waals surface area contributed by atoms with E-state index in [-0.39, 0.29) is 11.7 Å². The lowest BCUT2D eigenvalue weighted by Gasteiger charge is -2.09. The quantitative estimate of drug-likeness (QED) is 0.548. The van der Waals surface area contributed by atoms with E-state index in [0.29, 0.717) is 22.1 Å². The Kier molecular flexibility index (Phi) is 5.62. The molecule has 128 valence electrons. The first-order valence-corrected chi connectivity index (χ1v) is 8.98. The number of thioether (sulfide) groups is 1. The second-order valence-corrected chi connectivity index (χ2v) is 6.46. The molecule has 0 aliphatic rings. The number of para-hydroxylation sites is 1. The highest BCUT2D eigenvalue weighted by Gasteiger charge is 2.14. The van der Waals surface area contributed by atoms with Gasteiger partial charge in [0, 0.05) is 11.3 Å². The number of carbonyl (C=O) groups excluding carboxylic acids is 1. The summed E-state index contributed by atoms with van der Waals surface area (Å²) in [4.78, 5) is 21.1. The number of nitriles is 1. The van der Waals surface area contributed by atoms with Crippen molar-refractivity contribution in [3.8, 4) is 17.5 Å². The highest BCUT2D eigenvalue weighted by molar-refractivity contribution is 8.00. The molecule has 0 fully saturated rings. The van der Waals surface area contributed by atoms with Gasteiger partial charge in [-0.05, 0) is 19.1 Å². The fraction of sp³-hybridized carbons (Fsp3) is 0.100. The number of carbonyl (C=O) groups is 1. The molecular weight excluding hydrogens is 344 g/mol. The van der Waals surface area contributed by atoms with E-state index in [1.165, 1.54) is 11.8 Å². The molecule has 1 heterocycles. The number of amides is 1. The summed E-state index contributed by atoms with van der Waals surface area (Å²) >= 11 is 1.24.